The van der Waals surface area contributed by atoms with Crippen LogP contribution < -0.4 is 4.84 Å². The van der Waals surface area contributed by atoms with Gasteiger partial charge in [-0.05, 0) is 49.9 Å². The van der Waals surface area contributed by atoms with Crippen LogP contribution in [-0.4, -0.2) is 16.8 Å². The third kappa shape index (κ3) is 3.55. The van der Waals surface area contributed by atoms with Gasteiger partial charge in [0.2, 0.25) is 0 Å². The fraction of sp³-hybridized carbons (Fsp3) is 0.357. The molecule has 5 heteroatoms. The van der Waals surface area contributed by atoms with Gasteiger partial charge in [0.25, 0.3) is 0 Å². The van der Waals surface area contributed by atoms with E-state index < -0.39 is 5.97 Å². The molecule has 0 bridgehead atoms. The molecule has 1 aromatic carbocycles. The van der Waals surface area contributed by atoms with Crippen LogP contribution in [-0.2, 0) is 4.79 Å². The van der Waals surface area contributed by atoms with Gasteiger partial charge in [-0.1, -0.05) is 5.16 Å². The summed E-state index contributed by atoms with van der Waals surface area (Å²) < 4.78 is 0. The summed E-state index contributed by atoms with van der Waals surface area (Å²) in [6.45, 7) is 0. The van der Waals surface area contributed by atoms with Crippen LogP contribution in [0.3, 0.4) is 0 Å². The van der Waals surface area contributed by atoms with E-state index in [-0.39, 0.29) is 5.92 Å². The van der Waals surface area contributed by atoms with Gasteiger partial charge in [-0.15, -0.1) is 0 Å². The normalized spacial score (nSPS) is 18.5. The Bertz CT molecular complexity index is 519. The second kappa shape index (κ2) is 6.01. The molecule has 1 aliphatic carbocycles. The van der Waals surface area contributed by atoms with Crippen molar-refractivity contribution in [3.63, 3.8) is 0 Å². The van der Waals surface area contributed by atoms with E-state index in [9.17, 15) is 4.79 Å². The molecule has 0 saturated heterocycles. The first-order valence-corrected chi connectivity index (χ1v) is 6.15. The molecule has 1 aromatic rings. The Morgan fingerprint density at radius 1 is 1.32 bits per heavy atom. The van der Waals surface area contributed by atoms with Gasteiger partial charge in [0.1, 0.15) is 0 Å². The first kappa shape index (κ1) is 13.1. The summed E-state index contributed by atoms with van der Waals surface area (Å²) in [6, 6.07) is 8.73. The third-order valence-corrected chi connectivity index (χ3v) is 3.18. The van der Waals surface area contributed by atoms with Crippen molar-refractivity contribution in [2.75, 3.05) is 0 Å². The average molecular weight is 258 g/mol. The molecule has 0 spiro atoms. The second-order valence-corrected chi connectivity index (χ2v) is 4.50. The van der Waals surface area contributed by atoms with E-state index in [2.05, 4.69) is 5.16 Å². The highest BCUT2D eigenvalue weighted by Crippen LogP contribution is 2.23. The summed E-state index contributed by atoms with van der Waals surface area (Å²) in [6.07, 6.45) is 2.55. The van der Waals surface area contributed by atoms with Crippen molar-refractivity contribution in [3.05, 3.63) is 29.8 Å². The highest BCUT2D eigenvalue weighted by atomic mass is 16.6. The Labute approximate surface area is 111 Å². The number of nitriles is 1. The first-order chi connectivity index (χ1) is 9.19. The second-order valence-electron chi connectivity index (χ2n) is 4.50. The zero-order valence-corrected chi connectivity index (χ0v) is 10.4. The van der Waals surface area contributed by atoms with Crippen LogP contribution in [0.5, 0.6) is 5.75 Å². The minimum atomic E-state index is -0.730. The minimum Gasteiger partial charge on any atom is -0.481 e. The highest BCUT2D eigenvalue weighted by molar-refractivity contribution is 5.86. The van der Waals surface area contributed by atoms with Crippen LogP contribution in [0.25, 0.3) is 0 Å². The van der Waals surface area contributed by atoms with E-state index in [1.165, 1.54) is 0 Å². The Kier molecular flexibility index (Phi) is 4.14. The Balaban J connectivity index is 1.89. The number of carboxylic acid groups (broad SMARTS) is 1. The number of carbonyl (C=O) groups is 1. The molecular formula is C14H14N2O3. The summed E-state index contributed by atoms with van der Waals surface area (Å²) in [4.78, 5) is 16.1. The van der Waals surface area contributed by atoms with Crippen LogP contribution in [0.4, 0.5) is 0 Å². The minimum absolute atomic E-state index is 0.256. The fourth-order valence-corrected chi connectivity index (χ4v) is 2.00. The Morgan fingerprint density at radius 3 is 2.47 bits per heavy atom. The Morgan fingerprint density at radius 2 is 1.95 bits per heavy atom. The maximum Gasteiger partial charge on any atom is 0.306 e. The molecule has 0 radical (unpaired) electrons. The van der Waals surface area contributed by atoms with Crippen LogP contribution in [0, 0.1) is 17.2 Å². The molecular weight excluding hydrogens is 244 g/mol. The molecule has 1 fully saturated rings. The maximum atomic E-state index is 10.8. The summed E-state index contributed by atoms with van der Waals surface area (Å²) in [5.41, 5.74) is 1.46. The lowest BCUT2D eigenvalue weighted by Gasteiger charge is -2.18. The van der Waals surface area contributed by atoms with Gasteiger partial charge in [-0.3, -0.25) is 4.79 Å². The van der Waals surface area contributed by atoms with Crippen molar-refractivity contribution in [2.45, 2.75) is 25.7 Å². The number of aliphatic carboxylic acids is 1. The molecule has 1 aliphatic rings. The van der Waals surface area contributed by atoms with Crippen molar-refractivity contribution in [2.24, 2.45) is 11.1 Å². The SMILES string of the molecule is N#Cc1ccc(ON=C2CCC(C(=O)O)CC2)cc1. The molecule has 19 heavy (non-hydrogen) atoms. The summed E-state index contributed by atoms with van der Waals surface area (Å²) >= 11 is 0. The zero-order chi connectivity index (χ0) is 13.7. The molecule has 0 aliphatic heterocycles. The first-order valence-electron chi connectivity index (χ1n) is 6.15. The quantitative estimate of drug-likeness (QED) is 0.844. The lowest BCUT2D eigenvalue weighted by Crippen LogP contribution is -2.21. The van der Waals surface area contributed by atoms with Crippen molar-refractivity contribution in [1.29, 1.82) is 5.26 Å². The number of rotatable bonds is 3. The number of oxime groups is 1. The van der Waals surface area contributed by atoms with E-state index in [1.807, 2.05) is 6.07 Å². The Hall–Kier alpha value is -2.35. The number of hydrogen-bond acceptors (Lipinski definition) is 4. The smallest absolute Gasteiger partial charge is 0.306 e. The van der Waals surface area contributed by atoms with Crippen molar-refractivity contribution in [3.8, 4) is 11.8 Å². The predicted molar refractivity (Wildman–Crippen MR) is 68.8 cm³/mol. The van der Waals surface area contributed by atoms with E-state index in [0.29, 0.717) is 37.0 Å². The highest BCUT2D eigenvalue weighted by Gasteiger charge is 2.23. The van der Waals surface area contributed by atoms with Crippen LogP contribution in [0.2, 0.25) is 0 Å². The van der Waals surface area contributed by atoms with Crippen molar-refractivity contribution >= 4 is 11.7 Å². The average Bonchev–Trinajstić information content (AvgIpc) is 2.46. The van der Waals surface area contributed by atoms with Gasteiger partial charge in [0, 0.05) is 0 Å². The summed E-state index contributed by atoms with van der Waals surface area (Å²) in [7, 11) is 0. The van der Waals surface area contributed by atoms with Crippen molar-refractivity contribution in [1.82, 2.24) is 0 Å². The molecule has 98 valence electrons. The van der Waals surface area contributed by atoms with Crippen LogP contribution in [0.1, 0.15) is 31.2 Å². The summed E-state index contributed by atoms with van der Waals surface area (Å²) in [5, 5.41) is 21.6. The molecule has 1 N–H and O–H groups in total. The van der Waals surface area contributed by atoms with Gasteiger partial charge in [-0.2, -0.15) is 5.26 Å². The summed E-state index contributed by atoms with van der Waals surface area (Å²) in [5.74, 6) is -0.409. The van der Waals surface area contributed by atoms with Crippen LogP contribution >= 0.6 is 0 Å². The molecule has 0 unspecified atom stereocenters. The van der Waals surface area contributed by atoms with Gasteiger partial charge >= 0.3 is 5.97 Å². The topological polar surface area (TPSA) is 82.7 Å². The number of carboxylic acids is 1. The van der Waals surface area contributed by atoms with Gasteiger partial charge < -0.3 is 9.94 Å². The molecule has 0 amide bonds. The van der Waals surface area contributed by atoms with E-state index in [0.717, 1.165) is 5.71 Å². The predicted octanol–water partition coefficient (Wildman–Crippen LogP) is 2.57. The molecule has 1 saturated carbocycles. The molecule has 0 aromatic heterocycles. The third-order valence-electron chi connectivity index (χ3n) is 3.18. The number of benzene rings is 1. The van der Waals surface area contributed by atoms with Gasteiger partial charge in [0.05, 0.1) is 23.3 Å². The van der Waals surface area contributed by atoms with Gasteiger partial charge in [-0.25, -0.2) is 0 Å². The zero-order valence-electron chi connectivity index (χ0n) is 10.4. The van der Waals surface area contributed by atoms with Crippen LogP contribution in [0.15, 0.2) is 29.4 Å². The maximum absolute atomic E-state index is 10.8. The van der Waals surface area contributed by atoms with E-state index in [1.54, 1.807) is 24.3 Å². The lowest BCUT2D eigenvalue weighted by atomic mass is 9.88. The lowest BCUT2D eigenvalue weighted by molar-refractivity contribution is -0.142. The van der Waals surface area contributed by atoms with Gasteiger partial charge in [0.15, 0.2) is 5.75 Å². The molecule has 2 rings (SSSR count). The molecule has 5 nitrogen and oxygen atoms in total. The standard InChI is InChI=1S/C14H14N2O3/c15-9-10-1-7-13(8-2-10)19-16-12-5-3-11(4-6-12)14(17)18/h1-2,7-8,11H,3-6H2,(H,17,18). The van der Waals surface area contributed by atoms with E-state index in [4.69, 9.17) is 15.2 Å². The largest absolute Gasteiger partial charge is 0.481 e. The van der Waals surface area contributed by atoms with E-state index >= 15 is 0 Å². The fourth-order valence-electron chi connectivity index (χ4n) is 2.00. The molecule has 0 heterocycles. The van der Waals surface area contributed by atoms with Crippen molar-refractivity contribution < 1.29 is 14.7 Å². The molecule has 0 atom stereocenters. The number of nitrogens with zero attached hydrogens (tertiary/aromatic N) is 2. The monoisotopic (exact) mass is 258 g/mol. The number of hydrogen-bond donors (Lipinski definition) is 1.